The van der Waals surface area contributed by atoms with Crippen LogP contribution in [-0.2, 0) is 39.8 Å². The van der Waals surface area contributed by atoms with Crippen LogP contribution in [0, 0.1) is 5.92 Å². The van der Waals surface area contributed by atoms with Gasteiger partial charge in [-0.3, -0.25) is 10.6 Å². The lowest BCUT2D eigenvalue weighted by molar-refractivity contribution is -0.247. The van der Waals surface area contributed by atoms with Crippen LogP contribution in [0.4, 0.5) is 9.59 Å². The van der Waals surface area contributed by atoms with E-state index >= 15 is 0 Å². The van der Waals surface area contributed by atoms with Crippen molar-refractivity contribution < 1.29 is 47.9 Å². The average molecular weight is 594 g/mol. The van der Waals surface area contributed by atoms with Crippen LogP contribution in [0.2, 0.25) is 0 Å². The first-order valence-corrected chi connectivity index (χ1v) is 13.8. The number of hydrogen-bond acceptors (Lipinski definition) is 11. The summed E-state index contributed by atoms with van der Waals surface area (Å²) in [6.07, 6.45) is -6.37. The van der Waals surface area contributed by atoms with Crippen LogP contribution >= 0.6 is 0 Å². The highest BCUT2D eigenvalue weighted by Gasteiger charge is 2.75. The van der Waals surface area contributed by atoms with E-state index in [1.807, 2.05) is 30.3 Å². The SMILES string of the molecule is CO[C@H]1O[C@@H]2C(=O)O[C@H]3[C@@H](OCc4ccccc4)[C@]2(N=C([15NH]C(=O)OC(C)(C)C)[15NH]C(=O)OC(C)(C)C)[C@@H]1C[C@]3(C)O. The van der Waals surface area contributed by atoms with E-state index in [9.17, 15) is 19.5 Å². The van der Waals surface area contributed by atoms with E-state index < -0.39 is 71.0 Å². The largest absolute Gasteiger partial charge is 0.454 e. The molecule has 2 saturated heterocycles. The summed E-state index contributed by atoms with van der Waals surface area (Å²) >= 11 is 0. The molecule has 3 N–H and O–H groups in total. The van der Waals surface area contributed by atoms with Gasteiger partial charge in [-0.1, -0.05) is 30.3 Å². The first kappa shape index (κ1) is 31.7. The summed E-state index contributed by atoms with van der Waals surface area (Å²) in [6.45, 7) is 11.7. The van der Waals surface area contributed by atoms with Crippen LogP contribution in [0.15, 0.2) is 35.3 Å². The van der Waals surface area contributed by atoms with E-state index in [1.54, 1.807) is 48.5 Å². The van der Waals surface area contributed by atoms with E-state index in [1.165, 1.54) is 7.11 Å². The topological polar surface area (TPSA) is 163 Å². The lowest BCUT2D eigenvalue weighted by Gasteiger charge is -2.55. The molecule has 42 heavy (non-hydrogen) atoms. The molecule has 3 aliphatic rings. The Morgan fingerprint density at radius 2 is 1.62 bits per heavy atom. The van der Waals surface area contributed by atoms with Gasteiger partial charge in [0.05, 0.1) is 6.61 Å². The molecule has 2 amide bonds. The van der Waals surface area contributed by atoms with Gasteiger partial charge in [-0.25, -0.2) is 19.4 Å². The minimum Gasteiger partial charge on any atom is -0.454 e. The summed E-state index contributed by atoms with van der Waals surface area (Å²) in [5.41, 5.74) is -4.06. The highest BCUT2D eigenvalue weighted by atomic mass is 16.7. The van der Waals surface area contributed by atoms with Crippen molar-refractivity contribution in [3.63, 3.8) is 0 Å². The molecule has 2 heterocycles. The van der Waals surface area contributed by atoms with Gasteiger partial charge in [0.1, 0.15) is 28.4 Å². The van der Waals surface area contributed by atoms with Crippen LogP contribution in [0.3, 0.4) is 0 Å². The maximum Gasteiger partial charge on any atom is 0.414 e. The molecule has 13 nitrogen and oxygen atoms in total. The monoisotopic (exact) mass is 593 g/mol. The van der Waals surface area contributed by atoms with Gasteiger partial charge in [0.25, 0.3) is 0 Å². The fraction of sp³-hybridized carbons (Fsp3) is 0.655. The lowest BCUT2D eigenvalue weighted by atomic mass is 9.61. The van der Waals surface area contributed by atoms with Crippen LogP contribution < -0.4 is 10.6 Å². The number of methoxy groups -OCH3 is 1. The smallest absolute Gasteiger partial charge is 0.414 e. The molecular weight excluding hydrogens is 552 g/mol. The number of amides is 2. The van der Waals surface area contributed by atoms with Crippen molar-refractivity contribution >= 4 is 24.1 Å². The molecule has 4 rings (SSSR count). The van der Waals surface area contributed by atoms with Gasteiger partial charge >= 0.3 is 18.2 Å². The number of benzene rings is 1. The zero-order valence-corrected chi connectivity index (χ0v) is 25.3. The second-order valence-electron chi connectivity index (χ2n) is 13.0. The van der Waals surface area contributed by atoms with Gasteiger partial charge in [0, 0.05) is 13.0 Å². The molecule has 1 saturated carbocycles. The molecule has 7 atom stereocenters. The number of ether oxygens (including phenoxy) is 6. The predicted octanol–water partition coefficient (Wildman–Crippen LogP) is 2.78. The maximum atomic E-state index is 13.4. The second kappa shape index (κ2) is 11.4. The minimum absolute atomic E-state index is 0.0425. The zero-order valence-electron chi connectivity index (χ0n) is 25.3. The molecule has 232 valence electrons. The quantitative estimate of drug-likeness (QED) is 0.152. The number of nitrogens with one attached hydrogen (secondary N) is 2. The predicted molar refractivity (Wildman–Crippen MR) is 148 cm³/mol. The van der Waals surface area contributed by atoms with E-state index in [0.717, 1.165) is 5.56 Å². The Bertz CT molecular complexity index is 1170. The summed E-state index contributed by atoms with van der Waals surface area (Å²) in [4.78, 5) is 44.0. The number of fused-ring (bicyclic) bond motifs is 1. The van der Waals surface area contributed by atoms with Crippen molar-refractivity contribution in [1.82, 2.24) is 10.6 Å². The number of aliphatic imine (C=N–C) groups is 1. The molecule has 0 radical (unpaired) electrons. The van der Waals surface area contributed by atoms with Crippen LogP contribution in [0.1, 0.15) is 60.5 Å². The Morgan fingerprint density at radius 3 is 2.14 bits per heavy atom. The summed E-state index contributed by atoms with van der Waals surface area (Å²) < 4.78 is 34.5. The molecule has 1 aromatic carbocycles. The van der Waals surface area contributed by atoms with Crippen LogP contribution in [0.25, 0.3) is 0 Å². The van der Waals surface area contributed by atoms with Gasteiger partial charge in [-0.2, -0.15) is 0 Å². The first-order valence-electron chi connectivity index (χ1n) is 13.8. The minimum atomic E-state index is -1.60. The number of nitrogens with zero attached hydrogens (tertiary/aromatic N) is 1. The molecule has 0 unspecified atom stereocenters. The molecule has 2 bridgehead atoms. The number of carbonyl (C=O) groups excluding carboxylic acids is 3. The number of carbonyl (C=O) groups is 3. The van der Waals surface area contributed by atoms with E-state index in [0.29, 0.717) is 0 Å². The molecule has 3 fully saturated rings. The van der Waals surface area contributed by atoms with Crippen molar-refractivity contribution in [2.24, 2.45) is 10.9 Å². The third kappa shape index (κ3) is 6.69. The highest BCUT2D eigenvalue weighted by molar-refractivity contribution is 6.02. The highest BCUT2D eigenvalue weighted by Crippen LogP contribution is 2.56. The molecule has 13 heteroatoms. The van der Waals surface area contributed by atoms with E-state index in [2.05, 4.69) is 10.6 Å². The number of rotatable bonds is 5. The first-order chi connectivity index (χ1) is 19.4. The lowest BCUT2D eigenvalue weighted by Crippen LogP contribution is -2.74. The molecule has 2 aliphatic heterocycles. The second-order valence-corrected chi connectivity index (χ2v) is 13.0. The van der Waals surface area contributed by atoms with Crippen LogP contribution in [0.5, 0.6) is 0 Å². The van der Waals surface area contributed by atoms with Gasteiger partial charge in [-0.15, -0.1) is 0 Å². The summed E-state index contributed by atoms with van der Waals surface area (Å²) in [5.74, 6) is -1.91. The number of alkyl carbamates (subject to hydrolysis) is 2. The maximum absolute atomic E-state index is 13.4. The van der Waals surface area contributed by atoms with Crippen molar-refractivity contribution in [2.45, 2.75) is 108 Å². The zero-order chi connectivity index (χ0) is 31.1. The van der Waals surface area contributed by atoms with Gasteiger partial charge < -0.3 is 33.5 Å². The van der Waals surface area contributed by atoms with Crippen molar-refractivity contribution in [2.75, 3.05) is 7.11 Å². The summed E-state index contributed by atoms with van der Waals surface area (Å²) in [5, 5.41) is 16.5. The standard InChI is InChI=1S/C29H41N3O10/c1-26(2,3)41-24(34)30-23(31-25(35)42-27(4,5)6)32-29-17-14-28(7,36)18(39-21(33)20(29)40-22(17)37-8)19(29)38-15-16-12-10-9-11-13-16/h9-13,17-20,22,36H,14-15H2,1-8H3,(H2,30,31,32,34,35)/t17-,18+,19-,20-,22+,28+,29-/m1/s1/i30+1,31+1. The number of hydrogen-bond donors (Lipinski definition) is 3. The van der Waals surface area contributed by atoms with Gasteiger partial charge in [0.2, 0.25) is 5.96 Å². The number of esters is 1. The Kier molecular flexibility index (Phi) is 8.62. The van der Waals surface area contributed by atoms with E-state index in [-0.39, 0.29) is 19.0 Å². The Balaban J connectivity index is 1.83. The molecular formula is C29H41N3O10. The number of guanidine groups is 1. The Morgan fingerprint density at radius 1 is 1.05 bits per heavy atom. The molecule has 0 aromatic heterocycles. The van der Waals surface area contributed by atoms with Crippen molar-refractivity contribution in [3.8, 4) is 0 Å². The van der Waals surface area contributed by atoms with Gasteiger partial charge in [-0.05, 0) is 60.5 Å². The number of aliphatic hydroxyl groups is 1. The van der Waals surface area contributed by atoms with Crippen molar-refractivity contribution in [3.05, 3.63) is 35.9 Å². The Labute approximate surface area is 245 Å². The van der Waals surface area contributed by atoms with E-state index in [4.69, 9.17) is 33.4 Å². The average Bonchev–Trinajstić information content (AvgIpc) is 3.17. The van der Waals surface area contributed by atoms with Crippen molar-refractivity contribution in [1.29, 1.82) is 0 Å². The third-order valence-corrected chi connectivity index (χ3v) is 7.10. The molecule has 1 aliphatic carbocycles. The molecule has 1 aromatic rings. The normalized spacial score (nSPS) is 31.9. The Hall–Kier alpha value is -3.26. The van der Waals surface area contributed by atoms with Gasteiger partial charge in [0.15, 0.2) is 18.5 Å². The fourth-order valence-electron chi connectivity index (χ4n) is 5.61. The fourth-order valence-corrected chi connectivity index (χ4v) is 5.61. The third-order valence-electron chi connectivity index (χ3n) is 7.10. The van der Waals surface area contributed by atoms with Crippen LogP contribution in [-0.4, -0.2) is 83.3 Å². The summed E-state index contributed by atoms with van der Waals surface area (Å²) in [7, 11) is 1.41. The molecule has 0 spiro atoms. The summed E-state index contributed by atoms with van der Waals surface area (Å²) in [6, 6.07) is 9.30.